The molecule has 5 rings (SSSR count). The molecule has 168 valence electrons. The van der Waals surface area contributed by atoms with Crippen molar-refractivity contribution in [2.75, 3.05) is 19.0 Å². The highest BCUT2D eigenvalue weighted by Crippen LogP contribution is 2.38. The van der Waals surface area contributed by atoms with Gasteiger partial charge in [-0.3, -0.25) is 9.36 Å². The molecule has 0 spiro atoms. The van der Waals surface area contributed by atoms with E-state index >= 15 is 0 Å². The maximum Gasteiger partial charge on any atom is 0.306 e. The molecule has 4 aromatic rings. The van der Waals surface area contributed by atoms with Gasteiger partial charge in [0.2, 0.25) is 0 Å². The molecule has 0 bridgehead atoms. The molecule has 2 heterocycles. The Morgan fingerprint density at radius 1 is 1.18 bits per heavy atom. The molecule has 1 atom stereocenters. The van der Waals surface area contributed by atoms with Crippen molar-refractivity contribution < 1.29 is 14.3 Å². The monoisotopic (exact) mass is 441 g/mol. The second kappa shape index (κ2) is 8.62. The van der Waals surface area contributed by atoms with Crippen molar-refractivity contribution in [3.05, 3.63) is 83.2 Å². The predicted molar refractivity (Wildman–Crippen MR) is 129 cm³/mol. The van der Waals surface area contributed by atoms with Crippen molar-refractivity contribution in [2.24, 2.45) is 0 Å². The lowest BCUT2D eigenvalue weighted by Gasteiger charge is -2.15. The Morgan fingerprint density at radius 3 is 2.88 bits per heavy atom. The van der Waals surface area contributed by atoms with Crippen LogP contribution in [-0.2, 0) is 16.1 Å². The first-order chi connectivity index (χ1) is 16.0. The second-order valence-electron chi connectivity index (χ2n) is 8.51. The Kier molecular flexibility index (Phi) is 5.50. The third-order valence-electron chi connectivity index (χ3n) is 6.46. The molecule has 1 N–H and O–H groups in total. The Bertz CT molecular complexity index is 1340. The fraction of sp³-hybridized carbons (Fsp3) is 0.259. The summed E-state index contributed by atoms with van der Waals surface area (Å²) in [5, 5.41) is 3.52. The molecule has 1 aliphatic heterocycles. The topological polar surface area (TPSA) is 65.4 Å². The van der Waals surface area contributed by atoms with Gasteiger partial charge in [-0.15, -0.1) is 0 Å². The van der Waals surface area contributed by atoms with Crippen LogP contribution in [0.15, 0.2) is 60.9 Å². The van der Waals surface area contributed by atoms with Gasteiger partial charge in [-0.2, -0.15) is 0 Å². The van der Waals surface area contributed by atoms with E-state index in [0.717, 1.165) is 33.7 Å². The number of benzene rings is 3. The van der Waals surface area contributed by atoms with Crippen LogP contribution in [0.3, 0.4) is 0 Å². The van der Waals surface area contributed by atoms with Crippen LogP contribution in [0.5, 0.6) is 5.75 Å². The van der Waals surface area contributed by atoms with E-state index in [2.05, 4.69) is 53.0 Å². The minimum absolute atomic E-state index is 0.0499. The molecule has 1 aromatic heterocycles. The van der Waals surface area contributed by atoms with Gasteiger partial charge in [-0.1, -0.05) is 30.3 Å². The fourth-order valence-corrected chi connectivity index (χ4v) is 4.58. The zero-order valence-electron chi connectivity index (χ0n) is 19.1. The van der Waals surface area contributed by atoms with Crippen LogP contribution in [-0.4, -0.2) is 29.2 Å². The Labute approximate surface area is 193 Å². The van der Waals surface area contributed by atoms with Crippen molar-refractivity contribution >= 4 is 22.7 Å². The lowest BCUT2D eigenvalue weighted by atomic mass is 9.97. The van der Waals surface area contributed by atoms with Gasteiger partial charge in [-0.05, 0) is 48.7 Å². The summed E-state index contributed by atoms with van der Waals surface area (Å²) in [6.45, 7) is 5.47. The first-order valence-electron chi connectivity index (χ1n) is 11.1. The van der Waals surface area contributed by atoms with Crippen LogP contribution in [0.2, 0.25) is 0 Å². The molecule has 33 heavy (non-hydrogen) atoms. The van der Waals surface area contributed by atoms with Gasteiger partial charge in [0.25, 0.3) is 0 Å². The van der Waals surface area contributed by atoms with E-state index < -0.39 is 0 Å². The van der Waals surface area contributed by atoms with Gasteiger partial charge in [0.15, 0.2) is 0 Å². The zero-order valence-corrected chi connectivity index (χ0v) is 19.1. The molecule has 6 nitrogen and oxygen atoms in total. The summed E-state index contributed by atoms with van der Waals surface area (Å²) in [7, 11) is 1.42. The smallest absolute Gasteiger partial charge is 0.306 e. The quantitative estimate of drug-likeness (QED) is 0.412. The predicted octanol–water partition coefficient (Wildman–Crippen LogP) is 5.29. The molecule has 0 unspecified atom stereocenters. The van der Waals surface area contributed by atoms with Crippen molar-refractivity contribution in [3.63, 3.8) is 0 Å². The van der Waals surface area contributed by atoms with E-state index in [1.807, 2.05) is 36.7 Å². The van der Waals surface area contributed by atoms with Gasteiger partial charge in [0, 0.05) is 29.8 Å². The molecule has 0 fully saturated rings. The van der Waals surface area contributed by atoms with E-state index in [1.165, 1.54) is 23.8 Å². The Balaban J connectivity index is 1.36. The molecular formula is C27H27N3O3. The summed E-state index contributed by atoms with van der Waals surface area (Å²) >= 11 is 0. The van der Waals surface area contributed by atoms with Crippen LogP contribution in [0, 0.1) is 13.8 Å². The van der Waals surface area contributed by atoms with E-state index in [4.69, 9.17) is 9.47 Å². The highest BCUT2D eigenvalue weighted by atomic mass is 16.5. The van der Waals surface area contributed by atoms with E-state index in [1.54, 1.807) is 0 Å². The number of methoxy groups -OCH3 is 1. The number of ether oxygens (including phenoxy) is 2. The number of hydrogen-bond donors (Lipinski definition) is 1. The molecular weight excluding hydrogens is 414 g/mol. The van der Waals surface area contributed by atoms with E-state index in [0.29, 0.717) is 19.6 Å². The molecule has 0 aliphatic carbocycles. The lowest BCUT2D eigenvalue weighted by Crippen LogP contribution is -2.09. The van der Waals surface area contributed by atoms with Crippen LogP contribution >= 0.6 is 0 Å². The summed E-state index contributed by atoms with van der Waals surface area (Å²) in [5.41, 5.74) is 8.96. The normalized spacial score (nSPS) is 14.7. The van der Waals surface area contributed by atoms with E-state index in [-0.39, 0.29) is 11.9 Å². The molecule has 0 radical (unpaired) electrons. The number of imidazole rings is 1. The summed E-state index contributed by atoms with van der Waals surface area (Å²) in [5.74, 6) is 0.670. The lowest BCUT2D eigenvalue weighted by molar-refractivity contribution is -0.141. The fourth-order valence-electron chi connectivity index (χ4n) is 4.58. The molecule has 1 aliphatic rings. The minimum atomic E-state index is -0.213. The number of nitrogens with one attached hydrogen (secondary N) is 1. The summed E-state index contributed by atoms with van der Waals surface area (Å²) < 4.78 is 12.8. The van der Waals surface area contributed by atoms with Gasteiger partial charge in [0.05, 0.1) is 36.9 Å². The number of anilines is 1. The third kappa shape index (κ3) is 3.93. The largest absolute Gasteiger partial charge is 0.493 e. The van der Waals surface area contributed by atoms with Crippen LogP contribution in [0.1, 0.15) is 34.6 Å². The van der Waals surface area contributed by atoms with Crippen molar-refractivity contribution in [3.8, 4) is 11.4 Å². The number of fused-ring (bicyclic) bond motifs is 2. The SMILES string of the molecule is COC(=O)C[C@@H]1COc2cc(NCc3cccc(-n4cnc5cccc(C)c54)c3C)ccc21. The van der Waals surface area contributed by atoms with Crippen LogP contribution in [0.25, 0.3) is 16.7 Å². The van der Waals surface area contributed by atoms with Gasteiger partial charge in [-0.25, -0.2) is 4.98 Å². The van der Waals surface area contributed by atoms with Crippen LogP contribution in [0.4, 0.5) is 5.69 Å². The van der Waals surface area contributed by atoms with Crippen LogP contribution < -0.4 is 10.1 Å². The second-order valence-corrected chi connectivity index (χ2v) is 8.51. The maximum absolute atomic E-state index is 11.6. The molecule has 0 saturated carbocycles. The van der Waals surface area contributed by atoms with Gasteiger partial charge in [0.1, 0.15) is 12.1 Å². The number of carbonyl (C=O) groups is 1. The number of rotatable bonds is 6. The van der Waals surface area contributed by atoms with Crippen molar-refractivity contribution in [1.29, 1.82) is 0 Å². The molecule has 3 aromatic carbocycles. The minimum Gasteiger partial charge on any atom is -0.493 e. The number of aromatic nitrogens is 2. The summed E-state index contributed by atoms with van der Waals surface area (Å²) in [6.07, 6.45) is 2.24. The first kappa shape index (κ1) is 21.1. The number of esters is 1. The third-order valence-corrected chi connectivity index (χ3v) is 6.46. The van der Waals surface area contributed by atoms with Crippen molar-refractivity contribution in [2.45, 2.75) is 32.7 Å². The highest BCUT2D eigenvalue weighted by molar-refractivity contribution is 5.81. The molecule has 6 heteroatoms. The Hall–Kier alpha value is -3.80. The highest BCUT2D eigenvalue weighted by Gasteiger charge is 2.27. The zero-order chi connectivity index (χ0) is 22.9. The number of hydrogen-bond acceptors (Lipinski definition) is 5. The summed E-state index contributed by atoms with van der Waals surface area (Å²) in [6, 6.07) is 18.7. The standard InChI is InChI=1S/C27H27N3O3/c1-17-6-4-8-23-27(17)30(16-29-23)24-9-5-7-19(18(24)2)14-28-21-10-11-22-20(12-26(31)32-3)15-33-25(22)13-21/h4-11,13,16,20,28H,12,14-15H2,1-3H3/t20-/m1/s1. The summed E-state index contributed by atoms with van der Waals surface area (Å²) in [4.78, 5) is 16.2. The Morgan fingerprint density at radius 2 is 2.03 bits per heavy atom. The average Bonchev–Trinajstić information content (AvgIpc) is 3.43. The number of para-hydroxylation sites is 1. The maximum atomic E-state index is 11.6. The molecule has 0 saturated heterocycles. The van der Waals surface area contributed by atoms with Gasteiger partial charge >= 0.3 is 5.97 Å². The number of nitrogens with zero attached hydrogens (tertiary/aromatic N) is 2. The van der Waals surface area contributed by atoms with E-state index in [9.17, 15) is 4.79 Å². The first-order valence-corrected chi connectivity index (χ1v) is 11.1. The number of aryl methyl sites for hydroxylation is 1. The average molecular weight is 442 g/mol. The van der Waals surface area contributed by atoms with Crippen molar-refractivity contribution in [1.82, 2.24) is 9.55 Å². The molecule has 0 amide bonds. The van der Waals surface area contributed by atoms with Gasteiger partial charge < -0.3 is 14.8 Å². The number of carbonyl (C=O) groups excluding carboxylic acids is 1.